The molecular weight excluding hydrogens is 988 g/mol. The molecule has 0 fully saturated rings. The molecule has 4 heteroatoms. The molecule has 14 rings (SSSR count). The van der Waals surface area contributed by atoms with E-state index in [4.69, 9.17) is 32.0 Å². The lowest BCUT2D eigenvalue weighted by Crippen LogP contribution is -2.29. The van der Waals surface area contributed by atoms with E-state index in [-0.39, 0.29) is 95.9 Å². The average molecular weight is 1050 g/mol. The van der Waals surface area contributed by atoms with Gasteiger partial charge in [0.2, 0.25) is 0 Å². The molecule has 360 valence electrons. The van der Waals surface area contributed by atoms with Crippen molar-refractivity contribution < 1.29 is 32.0 Å². The van der Waals surface area contributed by atoms with Crippen LogP contribution in [0.5, 0.6) is 0 Å². The number of fused-ring (bicyclic) bond motifs is 6. The minimum atomic E-state index is -1.38. The molecule has 0 aromatic heterocycles. The van der Waals surface area contributed by atoms with Gasteiger partial charge in [0.05, 0.1) is 21.9 Å². The fourth-order valence-electron chi connectivity index (χ4n) is 9.75. The molecule has 0 aliphatic carbocycles. The predicted octanol–water partition coefficient (Wildman–Crippen LogP) is 18.8. The van der Waals surface area contributed by atoms with Crippen molar-refractivity contribution in [2.24, 2.45) is 0 Å². The van der Waals surface area contributed by atoms with Crippen molar-refractivity contribution in [2.45, 2.75) is 0 Å². The normalized spacial score (nSPS) is 14.0. The largest absolute Gasteiger partial charge is 0.488 e. The molecule has 0 heterocycles. The van der Waals surface area contributed by atoms with Crippen molar-refractivity contribution in [1.82, 2.24) is 0 Å². The van der Waals surface area contributed by atoms with Crippen LogP contribution in [0.1, 0.15) is 21.9 Å². The van der Waals surface area contributed by atoms with Crippen LogP contribution in [0.25, 0.3) is 120 Å². The highest BCUT2D eigenvalue weighted by Crippen LogP contribution is 2.45. The first-order valence-corrected chi connectivity index (χ1v) is 25.1. The van der Waals surface area contributed by atoms with Gasteiger partial charge < -0.3 is 10.0 Å². The van der Waals surface area contributed by atoms with Gasteiger partial charge in [-0.15, -0.1) is 0 Å². The molecule has 0 bridgehead atoms. The number of hydrogen-bond acceptors (Lipinski definition) is 2. The number of hydrogen-bond donors (Lipinski definition) is 2. The fourth-order valence-corrected chi connectivity index (χ4v) is 10.3. The first kappa shape index (κ1) is 33.1. The van der Waals surface area contributed by atoms with E-state index in [2.05, 4.69) is 15.9 Å². The van der Waals surface area contributed by atoms with Gasteiger partial charge in [-0.25, -0.2) is 0 Å². The maximum Gasteiger partial charge on any atom is 0.488 e. The van der Waals surface area contributed by atoms with Gasteiger partial charge in [0.15, 0.2) is 0 Å². The molecule has 76 heavy (non-hydrogen) atoms. The SMILES string of the molecule is OB(O)c1ccc2ccccc2c1.[2H]c1c([2H])c([2H])c2c(-c3ccc4ccccc4c3)c3c([2H])c([2H])c([2H])c([2H])c3c(-c3cccc(-c4ccccc4)c3)c2c1[2H].[2H]c1c([2H])c([2H])c2c(-c3cccc(-c4ccccc4)c3)c3c([2H])c([2H])c([2H])c([2H])c3c(Br)c2c1[2H]. The van der Waals surface area contributed by atoms with Gasteiger partial charge >= 0.3 is 7.12 Å². The third-order valence-electron chi connectivity index (χ3n) is 13.3. The monoisotopic (exact) mass is 1050 g/mol. The minimum Gasteiger partial charge on any atom is -0.423 e. The molecule has 14 aromatic carbocycles. The maximum atomic E-state index is 9.14. The lowest BCUT2D eigenvalue weighted by atomic mass is 9.79. The summed E-state index contributed by atoms with van der Waals surface area (Å²) < 4.78 is 139. The molecule has 0 atom stereocenters. The third kappa shape index (κ3) is 9.58. The Morgan fingerprint density at radius 1 is 0.276 bits per heavy atom. The van der Waals surface area contributed by atoms with Crippen LogP contribution < -0.4 is 5.46 Å². The quantitative estimate of drug-likeness (QED) is 0.129. The van der Waals surface area contributed by atoms with Gasteiger partial charge in [0.1, 0.15) is 0 Å². The zero-order valence-electron chi connectivity index (χ0n) is 56.3. The van der Waals surface area contributed by atoms with Gasteiger partial charge in [-0.2, -0.15) is 0 Å². The van der Waals surface area contributed by atoms with Gasteiger partial charge in [0, 0.05) is 4.47 Å². The first-order chi connectivity index (χ1) is 44.1. The van der Waals surface area contributed by atoms with E-state index in [0.717, 1.165) is 43.8 Å². The molecule has 0 saturated heterocycles. The van der Waals surface area contributed by atoms with E-state index in [9.17, 15) is 0 Å². The molecule has 2 nitrogen and oxygen atoms in total. The average Bonchev–Trinajstić information content (AvgIpc) is 0.713. The summed E-state index contributed by atoms with van der Waals surface area (Å²) in [6, 6.07) is 55.5. The van der Waals surface area contributed by atoms with Crippen LogP contribution >= 0.6 is 15.9 Å². The lowest BCUT2D eigenvalue weighted by Gasteiger charge is -2.18. The standard InChI is InChI=1S/C36H24.C26H17Br.C10H9BO2/c1-2-11-25(12-3-1)28-15-10-16-29(23-28)35-31-17-6-8-19-33(31)36(34-20-9-7-18-32(34)35)30-22-21-26-13-4-5-14-27(26)24-30;27-26-23-15-6-4-13-21(23)25(22-14-5-7-16-24(22)26)20-12-8-11-19(17-20)18-9-2-1-3-10-18;12-11(13)10-6-5-8-3-1-2-4-9(8)7-10/h1-24H;1-17H;1-7,12-13H/i6D,7D,8D,9D,17D,18D,19D,20D;4D,5D,6D,7D,13D,14D,15D,16D;. The summed E-state index contributed by atoms with van der Waals surface area (Å²) in [5.41, 5.74) is 6.96. The van der Waals surface area contributed by atoms with Crippen LogP contribution in [-0.4, -0.2) is 17.2 Å². The van der Waals surface area contributed by atoms with E-state index in [1.165, 1.54) is 0 Å². The Balaban J connectivity index is 0.000000151. The van der Waals surface area contributed by atoms with Gasteiger partial charge in [-0.1, -0.05) is 273 Å². The molecule has 0 unspecified atom stereocenters. The van der Waals surface area contributed by atoms with Crippen LogP contribution in [0.4, 0.5) is 0 Å². The number of rotatable bonds is 6. The number of halogens is 1. The van der Waals surface area contributed by atoms with Crippen molar-refractivity contribution in [2.75, 3.05) is 0 Å². The summed E-state index contributed by atoms with van der Waals surface area (Å²) in [5.74, 6) is 0. The molecule has 0 saturated carbocycles. The summed E-state index contributed by atoms with van der Waals surface area (Å²) in [5, 5.41) is 23.5. The minimum absolute atomic E-state index is 0.175. The molecule has 0 spiro atoms. The van der Waals surface area contributed by atoms with Crippen molar-refractivity contribution in [3.63, 3.8) is 0 Å². The zero-order chi connectivity index (χ0) is 65.3. The molecule has 0 aliphatic heterocycles. The van der Waals surface area contributed by atoms with E-state index in [1.807, 2.05) is 176 Å². The van der Waals surface area contributed by atoms with Crippen molar-refractivity contribution >= 4 is 93.1 Å². The maximum absolute atomic E-state index is 9.14. The van der Waals surface area contributed by atoms with E-state index >= 15 is 0 Å². The fraction of sp³-hybridized carbons (Fsp3) is 0. The third-order valence-corrected chi connectivity index (χ3v) is 14.1. The Bertz CT molecular complexity index is 5200. The van der Waals surface area contributed by atoms with Crippen LogP contribution in [0.15, 0.2) is 295 Å². The van der Waals surface area contributed by atoms with Gasteiger partial charge in [-0.3, -0.25) is 0 Å². The summed E-state index contributed by atoms with van der Waals surface area (Å²) in [6.45, 7) is 0. The Morgan fingerprint density at radius 2 is 0.592 bits per heavy atom. The number of benzene rings is 14. The lowest BCUT2D eigenvalue weighted by molar-refractivity contribution is 0.426. The van der Waals surface area contributed by atoms with Crippen LogP contribution in [-0.2, 0) is 0 Å². The smallest absolute Gasteiger partial charge is 0.423 e. The topological polar surface area (TPSA) is 40.5 Å². The molecule has 0 amide bonds. The second-order valence-corrected chi connectivity index (χ2v) is 18.7. The van der Waals surface area contributed by atoms with Crippen LogP contribution in [0, 0.1) is 0 Å². The van der Waals surface area contributed by atoms with Gasteiger partial charge in [0.25, 0.3) is 0 Å². The van der Waals surface area contributed by atoms with Crippen LogP contribution in [0.2, 0.25) is 0 Å². The Labute approximate surface area is 474 Å². The highest BCUT2D eigenvalue weighted by atomic mass is 79.9. The molecule has 0 radical (unpaired) electrons. The Hall–Kier alpha value is -8.90. The highest BCUT2D eigenvalue weighted by molar-refractivity contribution is 9.10. The predicted molar refractivity (Wildman–Crippen MR) is 329 cm³/mol. The second-order valence-electron chi connectivity index (χ2n) is 17.9. The Morgan fingerprint density at radius 3 is 1.01 bits per heavy atom. The van der Waals surface area contributed by atoms with Crippen molar-refractivity contribution in [3.05, 3.63) is 295 Å². The highest BCUT2D eigenvalue weighted by Gasteiger charge is 2.18. The second kappa shape index (κ2) is 21.5. The van der Waals surface area contributed by atoms with Gasteiger partial charge in [-0.05, 0) is 160 Å². The summed E-state index contributed by atoms with van der Waals surface area (Å²) >= 11 is 3.43. The van der Waals surface area contributed by atoms with E-state index in [1.54, 1.807) is 18.2 Å². The summed E-state index contributed by atoms with van der Waals surface area (Å²) in [7, 11) is -1.38. The van der Waals surface area contributed by atoms with Crippen molar-refractivity contribution in [1.29, 1.82) is 0 Å². The summed E-state index contributed by atoms with van der Waals surface area (Å²) in [6.07, 6.45) is 0. The van der Waals surface area contributed by atoms with Crippen LogP contribution in [0.3, 0.4) is 0 Å². The van der Waals surface area contributed by atoms with E-state index < -0.39 is 55.5 Å². The molecule has 2 N–H and O–H groups in total. The van der Waals surface area contributed by atoms with E-state index in [0.29, 0.717) is 38.8 Å². The van der Waals surface area contributed by atoms with Crippen molar-refractivity contribution in [3.8, 4) is 55.6 Å². The molecular formula is C72H50BBrO2. The molecule has 14 aromatic rings. The molecule has 0 aliphatic rings. The summed E-state index contributed by atoms with van der Waals surface area (Å²) in [4.78, 5) is 0. The first-order valence-electron chi connectivity index (χ1n) is 32.3. The zero-order valence-corrected chi connectivity index (χ0v) is 41.9. The Kier molecular flexibility index (Phi) is 9.38.